The first-order valence-electron chi connectivity index (χ1n) is 3.63. The van der Waals surface area contributed by atoms with Crippen molar-refractivity contribution in [3.05, 3.63) is 11.9 Å². The molecule has 3 N–H and O–H groups in total. The molecule has 0 aliphatic rings. The maximum Gasteiger partial charge on any atom is 0.0962 e. The molecule has 0 aromatic carbocycles. The van der Waals surface area contributed by atoms with Gasteiger partial charge in [-0.15, -0.1) is 0 Å². The molecule has 0 bridgehead atoms. The number of hydrogen-bond acceptors (Lipinski definition) is 4. The third-order valence-corrected chi connectivity index (χ3v) is 1.32. The lowest BCUT2D eigenvalue weighted by molar-refractivity contribution is 0.641. The van der Waals surface area contributed by atoms with E-state index >= 15 is 0 Å². The minimum atomic E-state index is 0.776. The lowest BCUT2D eigenvalue weighted by Gasteiger charge is -1.99. The van der Waals surface area contributed by atoms with Crippen LogP contribution in [-0.2, 0) is 6.54 Å². The van der Waals surface area contributed by atoms with Crippen LogP contribution in [0.5, 0.6) is 0 Å². The van der Waals surface area contributed by atoms with Crippen molar-refractivity contribution in [3.8, 4) is 0 Å². The second kappa shape index (κ2) is 4.81. The van der Waals surface area contributed by atoms with Gasteiger partial charge in [0.05, 0.1) is 11.9 Å². The van der Waals surface area contributed by atoms with Gasteiger partial charge >= 0.3 is 0 Å². The van der Waals surface area contributed by atoms with Crippen LogP contribution in [0.3, 0.4) is 0 Å². The first-order valence-corrected chi connectivity index (χ1v) is 3.63. The monoisotopic (exact) mass is 155 g/mol. The van der Waals surface area contributed by atoms with Gasteiger partial charge in [-0.25, -0.2) is 0 Å². The highest BCUT2D eigenvalue weighted by molar-refractivity contribution is 4.88. The average Bonchev–Trinajstić information content (AvgIpc) is 2.50. The Morgan fingerprint density at radius 2 is 2.45 bits per heavy atom. The molecule has 1 aromatic rings. The van der Waals surface area contributed by atoms with E-state index in [9.17, 15) is 0 Å². The van der Waals surface area contributed by atoms with Gasteiger partial charge in [0, 0.05) is 19.6 Å². The van der Waals surface area contributed by atoms with Crippen LogP contribution in [0.25, 0.3) is 0 Å². The van der Waals surface area contributed by atoms with E-state index in [1.165, 1.54) is 0 Å². The fourth-order valence-corrected chi connectivity index (χ4v) is 0.740. The Balaban J connectivity index is 2.04. The average molecular weight is 155 g/mol. The molecule has 0 saturated heterocycles. The van der Waals surface area contributed by atoms with Crippen LogP contribution >= 0.6 is 0 Å². The van der Waals surface area contributed by atoms with Crippen molar-refractivity contribution in [1.29, 1.82) is 0 Å². The molecule has 0 spiro atoms. The molecule has 1 rings (SSSR count). The van der Waals surface area contributed by atoms with E-state index in [4.69, 9.17) is 0 Å². The topological polar surface area (TPSA) is 65.6 Å². The number of rotatable bonds is 5. The third-order valence-electron chi connectivity index (χ3n) is 1.32. The molecule has 5 heteroatoms. The minimum absolute atomic E-state index is 0.776. The number of likely N-dealkylation sites (N-methyl/N-ethyl adjacent to an activating group) is 1. The summed E-state index contributed by atoms with van der Waals surface area (Å²) in [5.41, 5.74) is 0.945. The summed E-state index contributed by atoms with van der Waals surface area (Å²) in [5.74, 6) is 0. The van der Waals surface area contributed by atoms with E-state index in [0.717, 1.165) is 25.3 Å². The van der Waals surface area contributed by atoms with Crippen LogP contribution in [0.4, 0.5) is 0 Å². The zero-order valence-electron chi connectivity index (χ0n) is 6.59. The van der Waals surface area contributed by atoms with Crippen molar-refractivity contribution in [2.45, 2.75) is 6.54 Å². The highest BCUT2D eigenvalue weighted by Crippen LogP contribution is 1.84. The number of aromatic amines is 1. The zero-order valence-corrected chi connectivity index (χ0v) is 6.59. The predicted octanol–water partition coefficient (Wildman–Crippen LogP) is -0.886. The molecule has 0 aliphatic carbocycles. The van der Waals surface area contributed by atoms with Crippen molar-refractivity contribution in [3.63, 3.8) is 0 Å². The van der Waals surface area contributed by atoms with Gasteiger partial charge in [0.15, 0.2) is 0 Å². The second-order valence-corrected chi connectivity index (χ2v) is 2.24. The van der Waals surface area contributed by atoms with Gasteiger partial charge in [-0.05, 0) is 7.05 Å². The maximum absolute atomic E-state index is 3.89. The molecular weight excluding hydrogens is 142 g/mol. The molecule has 0 aliphatic heterocycles. The SMILES string of the molecule is CNCCNCc1cn[nH]n1. The van der Waals surface area contributed by atoms with E-state index in [1.54, 1.807) is 6.20 Å². The zero-order chi connectivity index (χ0) is 7.94. The van der Waals surface area contributed by atoms with Gasteiger partial charge in [0.25, 0.3) is 0 Å². The summed E-state index contributed by atoms with van der Waals surface area (Å²) in [7, 11) is 1.93. The van der Waals surface area contributed by atoms with Crippen LogP contribution in [0.1, 0.15) is 5.69 Å². The van der Waals surface area contributed by atoms with Crippen molar-refractivity contribution in [2.75, 3.05) is 20.1 Å². The number of nitrogens with one attached hydrogen (secondary N) is 3. The highest BCUT2D eigenvalue weighted by Gasteiger charge is 1.92. The normalized spacial score (nSPS) is 10.3. The van der Waals surface area contributed by atoms with Crippen molar-refractivity contribution < 1.29 is 0 Å². The Hall–Kier alpha value is -0.940. The Morgan fingerprint density at radius 1 is 1.55 bits per heavy atom. The third kappa shape index (κ3) is 3.10. The minimum Gasteiger partial charge on any atom is -0.318 e. The highest BCUT2D eigenvalue weighted by atomic mass is 15.3. The lowest BCUT2D eigenvalue weighted by atomic mass is 10.4. The Kier molecular flexibility index (Phi) is 3.57. The molecule has 0 amide bonds. The van der Waals surface area contributed by atoms with Crippen LogP contribution in [0, 0.1) is 0 Å². The van der Waals surface area contributed by atoms with E-state index in [1.807, 2.05) is 7.05 Å². The van der Waals surface area contributed by atoms with Gasteiger partial charge in [-0.1, -0.05) is 0 Å². The van der Waals surface area contributed by atoms with Crippen LogP contribution < -0.4 is 10.6 Å². The van der Waals surface area contributed by atoms with Gasteiger partial charge in [-0.3, -0.25) is 0 Å². The largest absolute Gasteiger partial charge is 0.318 e. The molecule has 0 atom stereocenters. The summed E-state index contributed by atoms with van der Waals surface area (Å²) < 4.78 is 0. The first-order chi connectivity index (χ1) is 5.43. The summed E-state index contributed by atoms with van der Waals surface area (Å²) in [6.45, 7) is 2.69. The second-order valence-electron chi connectivity index (χ2n) is 2.24. The van der Waals surface area contributed by atoms with E-state index < -0.39 is 0 Å². The van der Waals surface area contributed by atoms with Gasteiger partial charge < -0.3 is 10.6 Å². The molecule has 0 unspecified atom stereocenters. The van der Waals surface area contributed by atoms with Gasteiger partial charge in [0.2, 0.25) is 0 Å². The smallest absolute Gasteiger partial charge is 0.0962 e. The Labute approximate surface area is 65.6 Å². The van der Waals surface area contributed by atoms with Crippen molar-refractivity contribution in [2.24, 2.45) is 0 Å². The quantitative estimate of drug-likeness (QED) is 0.483. The van der Waals surface area contributed by atoms with Crippen molar-refractivity contribution in [1.82, 2.24) is 26.0 Å². The molecule has 0 fully saturated rings. The van der Waals surface area contributed by atoms with Crippen LogP contribution in [-0.4, -0.2) is 35.5 Å². The molecule has 0 saturated carbocycles. The summed E-state index contributed by atoms with van der Waals surface area (Å²) in [5, 5.41) is 16.4. The molecule has 5 nitrogen and oxygen atoms in total. The predicted molar refractivity (Wildman–Crippen MR) is 42.0 cm³/mol. The molecular formula is C6H13N5. The summed E-state index contributed by atoms with van der Waals surface area (Å²) >= 11 is 0. The summed E-state index contributed by atoms with van der Waals surface area (Å²) in [4.78, 5) is 0. The number of H-pyrrole nitrogens is 1. The number of hydrogen-bond donors (Lipinski definition) is 3. The first kappa shape index (κ1) is 8.16. The Bertz CT molecular complexity index is 171. The number of nitrogens with zero attached hydrogens (tertiary/aromatic N) is 2. The molecule has 1 heterocycles. The van der Waals surface area contributed by atoms with Gasteiger partial charge in [0.1, 0.15) is 0 Å². The van der Waals surface area contributed by atoms with Gasteiger partial charge in [-0.2, -0.15) is 15.4 Å². The molecule has 62 valence electrons. The molecule has 0 radical (unpaired) electrons. The fraction of sp³-hybridized carbons (Fsp3) is 0.667. The van der Waals surface area contributed by atoms with E-state index in [2.05, 4.69) is 26.0 Å². The maximum atomic E-state index is 3.89. The van der Waals surface area contributed by atoms with Crippen LogP contribution in [0.2, 0.25) is 0 Å². The molecule has 1 aromatic heterocycles. The van der Waals surface area contributed by atoms with Crippen molar-refractivity contribution >= 4 is 0 Å². The summed E-state index contributed by atoms with van der Waals surface area (Å²) in [6, 6.07) is 0. The fourth-order valence-electron chi connectivity index (χ4n) is 0.740. The number of aromatic nitrogens is 3. The lowest BCUT2D eigenvalue weighted by Crippen LogP contribution is -2.24. The standard InChI is InChI=1S/C6H13N5/c1-7-2-3-8-4-6-5-9-11-10-6/h5,7-8H,2-4H2,1H3,(H,9,10,11). The Morgan fingerprint density at radius 3 is 3.09 bits per heavy atom. The summed E-state index contributed by atoms with van der Waals surface area (Å²) in [6.07, 6.45) is 1.71. The molecule has 11 heavy (non-hydrogen) atoms. The van der Waals surface area contributed by atoms with E-state index in [0.29, 0.717) is 0 Å². The van der Waals surface area contributed by atoms with Crippen LogP contribution in [0.15, 0.2) is 6.20 Å². The van der Waals surface area contributed by atoms with E-state index in [-0.39, 0.29) is 0 Å².